The third-order valence-electron chi connectivity index (χ3n) is 6.23. The molecule has 0 amide bonds. The standard InChI is InChI=1S/C23H32N6O3/c1-3-20(22-25-26-27-29(22)15-19-9-5-12-32-19)28(10-6-11-30)14-18-13-17-8-4-7-16(2)21(17)24-23(18)31/h4,7-8,13,19-20,30H,3,5-6,9-12,14-15H2,1-2H3,(H,24,31)/t19-,20-/m0/s1. The Morgan fingerprint density at radius 3 is 3.03 bits per heavy atom. The Morgan fingerprint density at radius 1 is 1.41 bits per heavy atom. The Kier molecular flexibility index (Phi) is 7.29. The normalized spacial score (nSPS) is 17.4. The third kappa shape index (κ3) is 4.90. The molecular formula is C23H32N6O3. The first-order chi connectivity index (χ1) is 15.6. The van der Waals surface area contributed by atoms with Crippen molar-refractivity contribution in [1.29, 1.82) is 0 Å². The Bertz CT molecular complexity index is 1090. The van der Waals surface area contributed by atoms with Crippen LogP contribution < -0.4 is 5.56 Å². The molecule has 1 saturated heterocycles. The molecule has 0 bridgehead atoms. The highest BCUT2D eigenvalue weighted by Crippen LogP contribution is 2.26. The van der Waals surface area contributed by atoms with Gasteiger partial charge in [0.2, 0.25) is 0 Å². The van der Waals surface area contributed by atoms with Gasteiger partial charge in [0.1, 0.15) is 0 Å². The number of aromatic amines is 1. The molecule has 0 aliphatic carbocycles. The summed E-state index contributed by atoms with van der Waals surface area (Å²) in [6.45, 7) is 6.66. The number of para-hydroxylation sites is 1. The van der Waals surface area contributed by atoms with E-state index < -0.39 is 0 Å². The summed E-state index contributed by atoms with van der Waals surface area (Å²) < 4.78 is 7.61. The molecule has 2 atom stereocenters. The molecule has 9 nitrogen and oxygen atoms in total. The number of rotatable bonds is 10. The van der Waals surface area contributed by atoms with Gasteiger partial charge >= 0.3 is 0 Å². The molecule has 0 radical (unpaired) electrons. The van der Waals surface area contributed by atoms with Crippen molar-refractivity contribution in [3.05, 3.63) is 51.6 Å². The van der Waals surface area contributed by atoms with Crippen molar-refractivity contribution in [2.45, 2.75) is 64.8 Å². The van der Waals surface area contributed by atoms with Crippen LogP contribution in [-0.2, 0) is 17.8 Å². The van der Waals surface area contributed by atoms with E-state index in [0.717, 1.165) is 48.2 Å². The highest BCUT2D eigenvalue weighted by Gasteiger charge is 2.27. The molecule has 0 saturated carbocycles. The number of aliphatic hydroxyl groups is 1. The summed E-state index contributed by atoms with van der Waals surface area (Å²) in [5.41, 5.74) is 2.52. The molecule has 3 aromatic rings. The predicted molar refractivity (Wildman–Crippen MR) is 121 cm³/mol. The summed E-state index contributed by atoms with van der Waals surface area (Å²) in [6, 6.07) is 7.89. The van der Waals surface area contributed by atoms with Gasteiger partial charge in [0, 0.05) is 31.9 Å². The van der Waals surface area contributed by atoms with Crippen LogP contribution in [0, 0.1) is 6.92 Å². The lowest BCUT2D eigenvalue weighted by Crippen LogP contribution is -2.34. The first kappa shape index (κ1) is 22.6. The van der Waals surface area contributed by atoms with Crippen molar-refractivity contribution in [1.82, 2.24) is 30.1 Å². The lowest BCUT2D eigenvalue weighted by Gasteiger charge is -2.30. The quantitative estimate of drug-likeness (QED) is 0.498. The monoisotopic (exact) mass is 440 g/mol. The van der Waals surface area contributed by atoms with Crippen molar-refractivity contribution in [2.75, 3.05) is 19.8 Å². The Balaban J connectivity index is 1.63. The zero-order valence-electron chi connectivity index (χ0n) is 18.8. The molecule has 0 unspecified atom stereocenters. The fourth-order valence-corrected chi connectivity index (χ4v) is 4.55. The highest BCUT2D eigenvalue weighted by atomic mass is 16.5. The zero-order chi connectivity index (χ0) is 22.5. The van der Waals surface area contributed by atoms with Gasteiger partial charge in [-0.15, -0.1) is 5.10 Å². The Labute approximate surface area is 187 Å². The number of hydrogen-bond donors (Lipinski definition) is 2. The number of nitrogens with zero attached hydrogens (tertiary/aromatic N) is 5. The molecular weight excluding hydrogens is 408 g/mol. The summed E-state index contributed by atoms with van der Waals surface area (Å²) in [6.07, 6.45) is 3.59. The Morgan fingerprint density at radius 2 is 2.28 bits per heavy atom. The van der Waals surface area contributed by atoms with Crippen LogP contribution in [0.4, 0.5) is 0 Å². The number of hydrogen-bond acceptors (Lipinski definition) is 7. The molecule has 32 heavy (non-hydrogen) atoms. The lowest BCUT2D eigenvalue weighted by atomic mass is 10.1. The number of tetrazole rings is 1. The van der Waals surface area contributed by atoms with E-state index in [9.17, 15) is 9.90 Å². The second-order valence-electron chi connectivity index (χ2n) is 8.49. The van der Waals surface area contributed by atoms with Crippen LogP contribution in [-0.4, -0.2) is 61.1 Å². The van der Waals surface area contributed by atoms with E-state index in [2.05, 4.69) is 32.3 Å². The number of aryl methyl sites for hydroxylation is 1. The number of benzene rings is 1. The van der Waals surface area contributed by atoms with Crippen LogP contribution in [0.3, 0.4) is 0 Å². The average molecular weight is 441 g/mol. The number of aromatic nitrogens is 5. The number of ether oxygens (including phenoxy) is 1. The lowest BCUT2D eigenvalue weighted by molar-refractivity contribution is 0.0888. The number of fused-ring (bicyclic) bond motifs is 1. The fourth-order valence-electron chi connectivity index (χ4n) is 4.55. The van der Waals surface area contributed by atoms with Gasteiger partial charge < -0.3 is 14.8 Å². The second-order valence-corrected chi connectivity index (χ2v) is 8.49. The van der Waals surface area contributed by atoms with Crippen LogP contribution >= 0.6 is 0 Å². The average Bonchev–Trinajstić information content (AvgIpc) is 3.46. The SMILES string of the molecule is CC[C@@H](c1nnnn1C[C@@H]1CCCO1)N(CCCO)Cc1cc2cccc(C)c2[nH]c1=O. The summed E-state index contributed by atoms with van der Waals surface area (Å²) in [5.74, 6) is 0.772. The smallest absolute Gasteiger partial charge is 0.252 e. The van der Waals surface area contributed by atoms with E-state index in [4.69, 9.17) is 4.74 Å². The fraction of sp³-hybridized carbons (Fsp3) is 0.565. The van der Waals surface area contributed by atoms with Crippen LogP contribution in [0.15, 0.2) is 29.1 Å². The van der Waals surface area contributed by atoms with Crippen LogP contribution in [0.5, 0.6) is 0 Å². The number of aliphatic hydroxyl groups excluding tert-OH is 1. The zero-order valence-corrected chi connectivity index (χ0v) is 18.8. The largest absolute Gasteiger partial charge is 0.396 e. The molecule has 2 N–H and O–H groups in total. The summed E-state index contributed by atoms with van der Waals surface area (Å²) in [4.78, 5) is 18.1. The molecule has 1 aliphatic rings. The van der Waals surface area contributed by atoms with Crippen LogP contribution in [0.2, 0.25) is 0 Å². The van der Waals surface area contributed by atoms with Gasteiger partial charge in [-0.1, -0.05) is 25.1 Å². The minimum atomic E-state index is -0.0883. The molecule has 0 spiro atoms. The summed E-state index contributed by atoms with van der Waals surface area (Å²) in [7, 11) is 0. The second kappa shape index (κ2) is 10.3. The first-order valence-corrected chi connectivity index (χ1v) is 11.4. The molecule has 9 heteroatoms. The van der Waals surface area contributed by atoms with Gasteiger partial charge in [-0.05, 0) is 60.0 Å². The van der Waals surface area contributed by atoms with Gasteiger partial charge in [-0.25, -0.2) is 4.68 Å². The van der Waals surface area contributed by atoms with E-state index >= 15 is 0 Å². The van der Waals surface area contributed by atoms with Gasteiger partial charge in [0.15, 0.2) is 5.82 Å². The van der Waals surface area contributed by atoms with Gasteiger partial charge in [-0.2, -0.15) is 0 Å². The van der Waals surface area contributed by atoms with E-state index in [1.54, 1.807) is 0 Å². The predicted octanol–water partition coefficient (Wildman–Crippen LogP) is 2.34. The minimum absolute atomic E-state index is 0.0782. The van der Waals surface area contributed by atoms with Crippen LogP contribution in [0.1, 0.15) is 55.6 Å². The topological polar surface area (TPSA) is 109 Å². The van der Waals surface area contributed by atoms with Gasteiger partial charge in [0.05, 0.1) is 24.2 Å². The van der Waals surface area contributed by atoms with E-state index in [1.165, 1.54) is 0 Å². The van der Waals surface area contributed by atoms with E-state index in [0.29, 0.717) is 31.6 Å². The molecule has 1 fully saturated rings. The molecule has 2 aromatic heterocycles. The maximum Gasteiger partial charge on any atom is 0.252 e. The molecule has 172 valence electrons. The maximum atomic E-state index is 12.9. The number of nitrogens with one attached hydrogen (secondary N) is 1. The third-order valence-corrected chi connectivity index (χ3v) is 6.23. The van der Waals surface area contributed by atoms with Crippen molar-refractivity contribution in [3.63, 3.8) is 0 Å². The van der Waals surface area contributed by atoms with E-state index in [-0.39, 0.29) is 24.3 Å². The highest BCUT2D eigenvalue weighted by molar-refractivity contribution is 5.81. The van der Waals surface area contributed by atoms with Gasteiger partial charge in [-0.3, -0.25) is 9.69 Å². The van der Waals surface area contributed by atoms with Crippen LogP contribution in [0.25, 0.3) is 10.9 Å². The van der Waals surface area contributed by atoms with Crippen molar-refractivity contribution < 1.29 is 9.84 Å². The Hall–Kier alpha value is -2.62. The summed E-state index contributed by atoms with van der Waals surface area (Å²) >= 11 is 0. The first-order valence-electron chi connectivity index (χ1n) is 11.4. The summed E-state index contributed by atoms with van der Waals surface area (Å²) in [5, 5.41) is 23.0. The van der Waals surface area contributed by atoms with Crippen molar-refractivity contribution in [3.8, 4) is 0 Å². The number of pyridine rings is 1. The minimum Gasteiger partial charge on any atom is -0.396 e. The maximum absolute atomic E-state index is 12.9. The van der Waals surface area contributed by atoms with Crippen molar-refractivity contribution >= 4 is 10.9 Å². The molecule has 1 aromatic carbocycles. The molecule has 1 aliphatic heterocycles. The molecule has 4 rings (SSSR count). The molecule has 3 heterocycles. The van der Waals surface area contributed by atoms with Crippen molar-refractivity contribution in [2.24, 2.45) is 0 Å². The van der Waals surface area contributed by atoms with Gasteiger partial charge in [0.25, 0.3) is 5.56 Å². The number of H-pyrrole nitrogens is 1. The van der Waals surface area contributed by atoms with E-state index in [1.807, 2.05) is 35.9 Å².